The number of rotatable bonds is 7. The first-order chi connectivity index (χ1) is 15.5. The number of fused-ring (bicyclic) bond motifs is 1. The van der Waals surface area contributed by atoms with Crippen molar-refractivity contribution in [2.24, 2.45) is 11.8 Å². The van der Waals surface area contributed by atoms with Crippen LogP contribution in [0.4, 0.5) is 14.6 Å². The quantitative estimate of drug-likeness (QED) is 0.400. The molecule has 3 heterocycles. The minimum atomic E-state index is -0.779. The predicted molar refractivity (Wildman–Crippen MR) is 118 cm³/mol. The maximum absolute atomic E-state index is 14.9. The number of aromatic nitrogens is 4. The Hall–Kier alpha value is -2.90. The summed E-state index contributed by atoms with van der Waals surface area (Å²) in [5.41, 5.74) is 1.37. The Balaban J connectivity index is 1.39. The Morgan fingerprint density at radius 3 is 2.66 bits per heavy atom. The summed E-state index contributed by atoms with van der Waals surface area (Å²) >= 11 is 0. The van der Waals surface area contributed by atoms with E-state index in [0.717, 1.165) is 12.8 Å². The molecule has 2 aliphatic carbocycles. The van der Waals surface area contributed by atoms with Crippen LogP contribution < -0.4 is 5.32 Å². The lowest BCUT2D eigenvalue weighted by molar-refractivity contribution is 0.103. The molecule has 0 aliphatic heterocycles. The van der Waals surface area contributed by atoms with E-state index >= 15 is 0 Å². The standard InChI is InChI=1S/C24H27F2N5O/c1-13(15-4-5-15)30-24-20-19(11-27-23(20)28-12-29-24)21(32)18-9-8-17(31-22(18)26)10-14-2-6-16(25)7-3-14/h8-9,11-16H,2-7,10H2,1H3,(H2,27,28,29,30)/t13-,14?,16?/m1/s1. The van der Waals surface area contributed by atoms with E-state index in [1.54, 1.807) is 12.3 Å². The normalized spacial score (nSPS) is 22.1. The summed E-state index contributed by atoms with van der Waals surface area (Å²) < 4.78 is 28.2. The molecule has 6 nitrogen and oxygen atoms in total. The van der Waals surface area contributed by atoms with Gasteiger partial charge in [0.1, 0.15) is 24.0 Å². The van der Waals surface area contributed by atoms with Crippen LogP contribution in [0.5, 0.6) is 0 Å². The third kappa shape index (κ3) is 4.23. The van der Waals surface area contributed by atoms with E-state index in [9.17, 15) is 13.6 Å². The zero-order valence-corrected chi connectivity index (χ0v) is 18.1. The maximum atomic E-state index is 14.9. The highest BCUT2D eigenvalue weighted by molar-refractivity contribution is 6.18. The van der Waals surface area contributed by atoms with Gasteiger partial charge < -0.3 is 10.3 Å². The first kappa shape index (κ1) is 21.0. The Morgan fingerprint density at radius 1 is 1.16 bits per heavy atom. The van der Waals surface area contributed by atoms with Crippen molar-refractivity contribution >= 4 is 22.6 Å². The summed E-state index contributed by atoms with van der Waals surface area (Å²) in [6.45, 7) is 2.10. The van der Waals surface area contributed by atoms with Crippen LogP contribution >= 0.6 is 0 Å². The molecule has 1 atom stereocenters. The second-order valence-electron chi connectivity index (χ2n) is 9.21. The van der Waals surface area contributed by atoms with E-state index < -0.39 is 17.9 Å². The van der Waals surface area contributed by atoms with Crippen LogP contribution in [0.15, 0.2) is 24.7 Å². The molecule has 168 valence electrons. The van der Waals surface area contributed by atoms with E-state index in [1.165, 1.54) is 25.2 Å². The lowest BCUT2D eigenvalue weighted by Crippen LogP contribution is -2.19. The fourth-order valence-corrected chi connectivity index (χ4v) is 4.70. The number of anilines is 1. The third-order valence-corrected chi connectivity index (χ3v) is 6.83. The van der Waals surface area contributed by atoms with E-state index in [-0.39, 0.29) is 11.6 Å². The van der Waals surface area contributed by atoms with Gasteiger partial charge in [-0.2, -0.15) is 4.39 Å². The molecule has 2 aliphatic rings. The Labute approximate surface area is 185 Å². The second kappa shape index (κ2) is 8.56. The van der Waals surface area contributed by atoms with E-state index in [2.05, 4.69) is 32.2 Å². The van der Waals surface area contributed by atoms with Gasteiger partial charge in [-0.1, -0.05) is 0 Å². The van der Waals surface area contributed by atoms with Gasteiger partial charge in [0.15, 0.2) is 5.78 Å². The van der Waals surface area contributed by atoms with Crippen LogP contribution in [0.3, 0.4) is 0 Å². The van der Waals surface area contributed by atoms with Crippen molar-refractivity contribution < 1.29 is 13.6 Å². The van der Waals surface area contributed by atoms with Crippen LogP contribution in [-0.2, 0) is 6.42 Å². The first-order valence-electron chi connectivity index (χ1n) is 11.4. The van der Waals surface area contributed by atoms with Gasteiger partial charge in [-0.05, 0) is 75.8 Å². The van der Waals surface area contributed by atoms with Crippen LogP contribution in [-0.4, -0.2) is 37.9 Å². The number of hydrogen-bond acceptors (Lipinski definition) is 5. The summed E-state index contributed by atoms with van der Waals surface area (Å²) in [5, 5.41) is 3.96. The molecular weight excluding hydrogens is 412 g/mol. The topological polar surface area (TPSA) is 83.6 Å². The van der Waals surface area contributed by atoms with Gasteiger partial charge in [-0.25, -0.2) is 19.3 Å². The fourth-order valence-electron chi connectivity index (χ4n) is 4.70. The van der Waals surface area contributed by atoms with Gasteiger partial charge in [0.05, 0.1) is 16.5 Å². The molecule has 3 aromatic rings. The molecule has 5 rings (SSSR count). The third-order valence-electron chi connectivity index (χ3n) is 6.83. The number of H-pyrrole nitrogens is 1. The Bertz CT molecular complexity index is 1130. The zero-order valence-electron chi connectivity index (χ0n) is 18.1. The monoisotopic (exact) mass is 439 g/mol. The molecule has 2 N–H and O–H groups in total. The molecule has 8 heteroatoms. The molecular formula is C24H27F2N5O. The zero-order chi connectivity index (χ0) is 22.2. The number of nitrogens with one attached hydrogen (secondary N) is 2. The summed E-state index contributed by atoms with van der Waals surface area (Å²) in [7, 11) is 0. The largest absolute Gasteiger partial charge is 0.367 e. The van der Waals surface area contributed by atoms with E-state index in [1.807, 2.05) is 0 Å². The molecule has 2 fully saturated rings. The van der Waals surface area contributed by atoms with Crippen molar-refractivity contribution in [1.29, 1.82) is 0 Å². The number of hydrogen-bond donors (Lipinski definition) is 2. The number of carbonyl (C=O) groups is 1. The van der Waals surface area contributed by atoms with Gasteiger partial charge in [0.25, 0.3) is 0 Å². The highest BCUT2D eigenvalue weighted by atomic mass is 19.1. The molecule has 32 heavy (non-hydrogen) atoms. The number of ketones is 1. The van der Waals surface area contributed by atoms with E-state index in [4.69, 9.17) is 0 Å². The molecule has 2 saturated carbocycles. The molecule has 0 spiro atoms. The van der Waals surface area contributed by atoms with E-state index in [0.29, 0.717) is 59.2 Å². The SMILES string of the molecule is C[C@@H](Nc1ncnc2[nH]cc(C(=O)c3ccc(CC4CCC(F)CC4)nc3F)c12)C1CC1. The predicted octanol–water partition coefficient (Wildman–Crippen LogP) is 5.00. The van der Waals surface area contributed by atoms with Gasteiger partial charge >= 0.3 is 0 Å². The average molecular weight is 440 g/mol. The summed E-state index contributed by atoms with van der Waals surface area (Å²) in [6.07, 6.45) is 7.93. The number of carbonyl (C=O) groups excluding carboxylic acids is 1. The lowest BCUT2D eigenvalue weighted by atomic mass is 9.85. The highest BCUT2D eigenvalue weighted by Gasteiger charge is 2.29. The summed E-state index contributed by atoms with van der Waals surface area (Å²) in [5.74, 6) is 0.254. The Kier molecular flexibility index (Phi) is 5.61. The minimum absolute atomic E-state index is 0.0767. The molecule has 3 aromatic heterocycles. The summed E-state index contributed by atoms with van der Waals surface area (Å²) in [6, 6.07) is 3.44. The van der Waals surface area contributed by atoms with Gasteiger partial charge in [-0.15, -0.1) is 0 Å². The van der Waals surface area contributed by atoms with Crippen molar-refractivity contribution in [2.45, 2.75) is 64.1 Å². The number of nitrogens with zero attached hydrogens (tertiary/aromatic N) is 3. The van der Waals surface area contributed by atoms with Crippen molar-refractivity contribution in [3.05, 3.63) is 47.4 Å². The first-order valence-corrected chi connectivity index (χ1v) is 11.4. The van der Waals surface area contributed by atoms with Crippen molar-refractivity contribution in [3.63, 3.8) is 0 Å². The molecule has 0 radical (unpaired) electrons. The maximum Gasteiger partial charge on any atom is 0.224 e. The summed E-state index contributed by atoms with van der Waals surface area (Å²) in [4.78, 5) is 28.9. The number of alkyl halides is 1. The number of pyridine rings is 1. The van der Waals surface area contributed by atoms with Gasteiger partial charge in [-0.3, -0.25) is 4.79 Å². The minimum Gasteiger partial charge on any atom is -0.367 e. The van der Waals surface area contributed by atoms with Crippen LogP contribution in [0.25, 0.3) is 11.0 Å². The van der Waals surface area contributed by atoms with Crippen molar-refractivity contribution in [1.82, 2.24) is 19.9 Å². The van der Waals surface area contributed by atoms with Crippen molar-refractivity contribution in [2.75, 3.05) is 5.32 Å². The number of aromatic amines is 1. The van der Waals surface area contributed by atoms with Crippen molar-refractivity contribution in [3.8, 4) is 0 Å². The smallest absolute Gasteiger partial charge is 0.224 e. The number of halogens is 2. The highest BCUT2D eigenvalue weighted by Crippen LogP contribution is 2.35. The fraction of sp³-hybridized carbons (Fsp3) is 0.500. The lowest BCUT2D eigenvalue weighted by Gasteiger charge is -2.23. The molecule has 0 amide bonds. The second-order valence-corrected chi connectivity index (χ2v) is 9.21. The Morgan fingerprint density at radius 2 is 1.94 bits per heavy atom. The molecule has 0 saturated heterocycles. The van der Waals surface area contributed by atoms with Gasteiger partial charge in [0, 0.05) is 17.9 Å². The van der Waals surface area contributed by atoms with Crippen LogP contribution in [0.1, 0.15) is 67.1 Å². The molecule has 0 bridgehead atoms. The molecule has 0 unspecified atom stereocenters. The molecule has 0 aromatic carbocycles. The average Bonchev–Trinajstić information content (AvgIpc) is 3.54. The van der Waals surface area contributed by atoms with Gasteiger partial charge in [0.2, 0.25) is 5.95 Å². The van der Waals surface area contributed by atoms with Crippen LogP contribution in [0.2, 0.25) is 0 Å². The van der Waals surface area contributed by atoms with Crippen LogP contribution in [0, 0.1) is 17.8 Å².